The van der Waals surface area contributed by atoms with Crippen molar-refractivity contribution >= 4 is 59.0 Å². The Morgan fingerprint density at radius 2 is 1.53 bits per heavy atom. The number of hydrogen-bond acceptors (Lipinski definition) is 5. The van der Waals surface area contributed by atoms with Crippen molar-refractivity contribution in [2.24, 2.45) is 16.7 Å². The van der Waals surface area contributed by atoms with Gasteiger partial charge in [-0.25, -0.2) is 0 Å². The number of fused-ring (bicyclic) bond motifs is 5. The molecule has 3 aromatic carbocycles. The van der Waals surface area contributed by atoms with Crippen molar-refractivity contribution in [2.75, 3.05) is 0 Å². The van der Waals surface area contributed by atoms with Gasteiger partial charge in [-0.3, -0.25) is 9.78 Å². The second-order valence-electron chi connectivity index (χ2n) is 16.5. The second-order valence-corrected chi connectivity index (χ2v) is 17.6. The molecule has 6 rings (SSSR count). The molecule has 53 heavy (non-hydrogen) atoms. The monoisotopic (exact) mass is 909 g/mol. The van der Waals surface area contributed by atoms with Crippen LogP contribution in [0.2, 0.25) is 0 Å². The number of aromatic nitrogens is 1. The molecule has 0 saturated heterocycles. The Morgan fingerprint density at radius 1 is 0.887 bits per heavy atom. The molecule has 0 unspecified atom stereocenters. The van der Waals surface area contributed by atoms with Crippen molar-refractivity contribution in [1.82, 2.24) is 4.98 Å². The van der Waals surface area contributed by atoms with Gasteiger partial charge in [0.05, 0.1) is 0 Å². The van der Waals surface area contributed by atoms with E-state index < -0.39 is 0 Å². The van der Waals surface area contributed by atoms with Crippen molar-refractivity contribution in [3.8, 4) is 11.3 Å². The standard InChI is InChI=1S/C32H30NOS.C15H28O2.Ir/c1-18(2)13-24-19(3)34-28-17-29-26(16-25(24)28)23-11-12-33-30(31(23)35-29)21-14-20-9-7-8-10-22(20)27(15-21)32(4,5)6;1-7-14(5,8-2)12(16)11-13(17)15(6,9-3)10-4;/h7-12,15-18H,13H2,1-6H3;11,16H,7-10H2,1-6H3;/q-1;;/b;12-11-;. The van der Waals surface area contributed by atoms with Gasteiger partial charge in [-0.1, -0.05) is 105 Å². The number of aliphatic hydroxyl groups excluding tert-OH is 1. The van der Waals surface area contributed by atoms with Crippen molar-refractivity contribution in [2.45, 2.75) is 121 Å². The molecule has 285 valence electrons. The zero-order chi connectivity index (χ0) is 38.2. The van der Waals surface area contributed by atoms with E-state index in [2.05, 4.69) is 96.1 Å². The van der Waals surface area contributed by atoms with E-state index in [0.29, 0.717) is 5.92 Å². The molecule has 0 amide bonds. The summed E-state index contributed by atoms with van der Waals surface area (Å²) in [4.78, 5) is 17.1. The van der Waals surface area contributed by atoms with Crippen molar-refractivity contribution in [3.63, 3.8) is 0 Å². The summed E-state index contributed by atoms with van der Waals surface area (Å²) in [6.07, 6.45) is 7.73. The van der Waals surface area contributed by atoms with Crippen LogP contribution in [0.3, 0.4) is 0 Å². The van der Waals surface area contributed by atoms with Gasteiger partial charge in [-0.05, 0) is 73.9 Å². The van der Waals surface area contributed by atoms with Gasteiger partial charge in [0.25, 0.3) is 0 Å². The number of carbonyl (C=O) groups is 1. The predicted octanol–water partition coefficient (Wildman–Crippen LogP) is 14.3. The summed E-state index contributed by atoms with van der Waals surface area (Å²) >= 11 is 1.80. The van der Waals surface area contributed by atoms with Crippen LogP contribution in [0, 0.1) is 29.7 Å². The van der Waals surface area contributed by atoms with Crippen LogP contribution in [0.4, 0.5) is 0 Å². The smallest absolute Gasteiger partial charge is 0.164 e. The number of hydrogen-bond donors (Lipinski definition) is 1. The molecule has 6 aromatic rings. The number of allylic oxidation sites excluding steroid dienone is 2. The van der Waals surface area contributed by atoms with Crippen LogP contribution >= 0.6 is 11.3 Å². The minimum atomic E-state index is -0.337. The average Bonchev–Trinajstić information content (AvgIpc) is 3.63. The van der Waals surface area contributed by atoms with E-state index in [-0.39, 0.29) is 47.9 Å². The molecule has 1 N–H and O–H groups in total. The summed E-state index contributed by atoms with van der Waals surface area (Å²) in [5.74, 6) is 1.91. The van der Waals surface area contributed by atoms with Gasteiger partial charge < -0.3 is 9.52 Å². The van der Waals surface area contributed by atoms with Crippen LogP contribution in [0.25, 0.3) is 53.2 Å². The molecule has 0 aliphatic carbocycles. The van der Waals surface area contributed by atoms with Crippen molar-refractivity contribution < 1.29 is 34.4 Å². The maximum atomic E-state index is 12.2. The quantitative estimate of drug-likeness (QED) is 0.0845. The molecule has 0 atom stereocenters. The van der Waals surface area contributed by atoms with E-state index in [9.17, 15) is 9.90 Å². The number of furan rings is 1. The largest absolute Gasteiger partial charge is 0.512 e. The fourth-order valence-corrected chi connectivity index (χ4v) is 8.19. The fraction of sp³-hybridized carbons (Fsp3) is 0.447. The van der Waals surface area contributed by atoms with E-state index >= 15 is 0 Å². The van der Waals surface area contributed by atoms with Crippen LogP contribution in [-0.2, 0) is 36.7 Å². The molecule has 0 spiro atoms. The van der Waals surface area contributed by atoms with E-state index in [4.69, 9.17) is 9.40 Å². The van der Waals surface area contributed by atoms with Crippen LogP contribution in [0.1, 0.15) is 119 Å². The van der Waals surface area contributed by atoms with Crippen LogP contribution in [-0.4, -0.2) is 15.9 Å². The summed E-state index contributed by atoms with van der Waals surface area (Å²) in [6, 6.07) is 21.3. The normalized spacial score (nSPS) is 12.8. The topological polar surface area (TPSA) is 63.3 Å². The summed E-state index contributed by atoms with van der Waals surface area (Å²) in [5.41, 5.74) is 5.14. The predicted molar refractivity (Wildman–Crippen MR) is 224 cm³/mol. The molecule has 3 heterocycles. The molecule has 4 nitrogen and oxygen atoms in total. The molecule has 3 aromatic heterocycles. The Labute approximate surface area is 334 Å². The minimum absolute atomic E-state index is 0. The van der Waals surface area contributed by atoms with E-state index in [1.54, 1.807) is 11.3 Å². The number of pyridine rings is 1. The molecule has 0 aliphatic heterocycles. The molecule has 0 aliphatic rings. The maximum absolute atomic E-state index is 12.2. The first-order valence-corrected chi connectivity index (χ1v) is 20.0. The number of aliphatic hydroxyl groups is 1. The first kappa shape index (κ1) is 42.4. The van der Waals surface area contributed by atoms with Crippen molar-refractivity contribution in [1.29, 1.82) is 0 Å². The van der Waals surface area contributed by atoms with Crippen molar-refractivity contribution in [3.05, 3.63) is 89.5 Å². The van der Waals surface area contributed by atoms with Gasteiger partial charge in [0.2, 0.25) is 0 Å². The zero-order valence-corrected chi connectivity index (χ0v) is 37.1. The van der Waals surface area contributed by atoms with Gasteiger partial charge in [0, 0.05) is 74.6 Å². The summed E-state index contributed by atoms with van der Waals surface area (Å²) in [6.45, 7) is 25.5. The molecule has 6 heteroatoms. The third kappa shape index (κ3) is 8.51. The number of rotatable bonds is 10. The van der Waals surface area contributed by atoms with Gasteiger partial charge in [0.15, 0.2) is 5.78 Å². The second kappa shape index (κ2) is 16.6. The zero-order valence-electron chi connectivity index (χ0n) is 33.8. The Balaban J connectivity index is 0.000000299. The number of ketones is 1. The van der Waals surface area contributed by atoms with Gasteiger partial charge in [-0.2, -0.15) is 0 Å². The Hall–Kier alpha value is -3.31. The SMILES string of the molecule is CCC(C)(CC)C(=O)/C=C(\O)C(C)(CC)CC.Cc1oc2cc3sc4c(-c5[c-]c6ccccc6c(C(C)(C)C)c5)nccc4c3cc2c1CC(C)C.[Ir]. The summed E-state index contributed by atoms with van der Waals surface area (Å²) in [7, 11) is 0. The molecular formula is C47H58IrNO3S-. The molecule has 1 radical (unpaired) electrons. The number of benzene rings is 3. The first-order valence-electron chi connectivity index (χ1n) is 19.1. The summed E-state index contributed by atoms with van der Waals surface area (Å²) in [5, 5.41) is 16.3. The van der Waals surface area contributed by atoms with Gasteiger partial charge in [0.1, 0.15) is 17.1 Å². The third-order valence-electron chi connectivity index (χ3n) is 11.6. The number of nitrogens with zero attached hydrogens (tertiary/aromatic N) is 1. The number of thiophene rings is 1. The van der Waals surface area contributed by atoms with E-state index in [1.165, 1.54) is 48.1 Å². The maximum Gasteiger partial charge on any atom is 0.164 e. The molecule has 0 bridgehead atoms. The number of aryl methyl sites for hydroxylation is 1. The molecule has 0 fully saturated rings. The molecule has 0 saturated carbocycles. The molecular weight excluding hydrogens is 851 g/mol. The Bertz CT molecular complexity index is 2260. The van der Waals surface area contributed by atoms with Crippen LogP contribution in [0.15, 0.2) is 71.0 Å². The van der Waals surface area contributed by atoms with E-state index in [1.807, 2.05) is 47.7 Å². The van der Waals surface area contributed by atoms with E-state index in [0.717, 1.165) is 60.1 Å². The fourth-order valence-electron chi connectivity index (χ4n) is 6.98. The van der Waals surface area contributed by atoms with Gasteiger partial charge >= 0.3 is 0 Å². The Morgan fingerprint density at radius 3 is 2.13 bits per heavy atom. The number of carbonyl (C=O) groups excluding carboxylic acids is 1. The minimum Gasteiger partial charge on any atom is -0.512 e. The third-order valence-corrected chi connectivity index (χ3v) is 12.7. The Kier molecular flexibility index (Phi) is 13.3. The van der Waals surface area contributed by atoms with Crippen LogP contribution < -0.4 is 0 Å². The first-order chi connectivity index (χ1) is 24.5. The van der Waals surface area contributed by atoms with Crippen LogP contribution in [0.5, 0.6) is 0 Å². The average molecular weight is 909 g/mol. The van der Waals surface area contributed by atoms with Gasteiger partial charge in [-0.15, -0.1) is 40.5 Å². The summed E-state index contributed by atoms with van der Waals surface area (Å²) < 4.78 is 8.66.